The van der Waals surface area contributed by atoms with Crippen molar-refractivity contribution in [3.05, 3.63) is 22.4 Å². The highest BCUT2D eigenvalue weighted by atomic mass is 127. The molecule has 2 saturated carbocycles. The van der Waals surface area contributed by atoms with Crippen LogP contribution in [0.5, 0.6) is 0 Å². The Bertz CT molecular complexity index is 610. The fraction of sp³-hybridized carbons (Fsp3) is 0.714. The summed E-state index contributed by atoms with van der Waals surface area (Å²) in [5.74, 6) is 1.37. The molecule has 2 fully saturated rings. The van der Waals surface area contributed by atoms with Crippen LogP contribution < -0.4 is 16.0 Å². The summed E-state index contributed by atoms with van der Waals surface area (Å²) in [4.78, 5) is 17.7. The van der Waals surface area contributed by atoms with Gasteiger partial charge in [-0.3, -0.25) is 9.79 Å². The van der Waals surface area contributed by atoms with E-state index in [9.17, 15) is 4.79 Å². The fourth-order valence-corrected chi connectivity index (χ4v) is 5.10. The van der Waals surface area contributed by atoms with Crippen molar-refractivity contribution in [3.8, 4) is 0 Å². The van der Waals surface area contributed by atoms with Gasteiger partial charge in [-0.1, -0.05) is 31.7 Å². The van der Waals surface area contributed by atoms with Crippen LogP contribution in [-0.2, 0) is 10.2 Å². The Morgan fingerprint density at radius 2 is 1.89 bits per heavy atom. The van der Waals surface area contributed by atoms with Crippen molar-refractivity contribution in [2.75, 3.05) is 26.7 Å². The van der Waals surface area contributed by atoms with E-state index >= 15 is 0 Å². The van der Waals surface area contributed by atoms with Crippen molar-refractivity contribution in [1.82, 2.24) is 16.0 Å². The van der Waals surface area contributed by atoms with Crippen molar-refractivity contribution < 1.29 is 4.79 Å². The molecular formula is C21H35IN4OS. The van der Waals surface area contributed by atoms with Crippen LogP contribution in [0.15, 0.2) is 22.5 Å². The van der Waals surface area contributed by atoms with Crippen LogP contribution in [0.3, 0.4) is 0 Å². The zero-order chi connectivity index (χ0) is 19.0. The van der Waals surface area contributed by atoms with E-state index in [1.807, 2.05) is 18.4 Å². The largest absolute Gasteiger partial charge is 0.356 e. The molecule has 0 spiro atoms. The number of thiophene rings is 1. The molecule has 3 rings (SSSR count). The third-order valence-corrected chi connectivity index (χ3v) is 7.21. The summed E-state index contributed by atoms with van der Waals surface area (Å²) in [6.45, 7) is 2.49. The third-order valence-electron chi connectivity index (χ3n) is 6.09. The highest BCUT2D eigenvalue weighted by Crippen LogP contribution is 2.41. The second kappa shape index (κ2) is 12.0. The second-order valence-electron chi connectivity index (χ2n) is 7.94. The average molecular weight is 519 g/mol. The van der Waals surface area contributed by atoms with Crippen molar-refractivity contribution in [2.45, 2.75) is 63.2 Å². The van der Waals surface area contributed by atoms with Crippen LogP contribution in [0, 0.1) is 5.92 Å². The van der Waals surface area contributed by atoms with Crippen LogP contribution in [0.4, 0.5) is 0 Å². The van der Waals surface area contributed by atoms with Gasteiger partial charge in [0.05, 0.1) is 0 Å². The topological polar surface area (TPSA) is 65.5 Å². The second-order valence-corrected chi connectivity index (χ2v) is 8.89. The molecule has 2 aliphatic rings. The molecule has 158 valence electrons. The Hall–Kier alpha value is -0.830. The van der Waals surface area contributed by atoms with E-state index in [-0.39, 0.29) is 41.2 Å². The van der Waals surface area contributed by atoms with Crippen LogP contribution in [-0.4, -0.2) is 38.5 Å². The molecule has 1 heterocycles. The molecule has 28 heavy (non-hydrogen) atoms. The van der Waals surface area contributed by atoms with Crippen molar-refractivity contribution >= 4 is 47.2 Å². The molecule has 0 aromatic carbocycles. The summed E-state index contributed by atoms with van der Waals surface area (Å²) in [6.07, 6.45) is 10.7. The van der Waals surface area contributed by atoms with Gasteiger partial charge in [-0.15, -0.1) is 35.3 Å². The standard InChI is InChI=1S/C21H34N4OS.HI/c1-22-20(24-14-7-13-23-19(26)17-8-5-9-17)25-16-21(11-3-2-4-12-21)18-10-6-15-27-18;/h6,10,15,17H,2-5,7-9,11-14,16H2,1H3,(H,23,26)(H2,22,24,25);1H. The summed E-state index contributed by atoms with van der Waals surface area (Å²) in [5.41, 5.74) is 0.251. The highest BCUT2D eigenvalue weighted by Gasteiger charge is 2.34. The lowest BCUT2D eigenvalue weighted by Gasteiger charge is -2.37. The van der Waals surface area contributed by atoms with Crippen molar-refractivity contribution in [2.24, 2.45) is 10.9 Å². The van der Waals surface area contributed by atoms with Gasteiger partial charge in [-0.25, -0.2) is 0 Å². The van der Waals surface area contributed by atoms with Gasteiger partial charge in [0.25, 0.3) is 0 Å². The number of hydrogen-bond donors (Lipinski definition) is 3. The van der Waals surface area contributed by atoms with Gasteiger partial charge in [0.15, 0.2) is 5.96 Å². The SMILES string of the molecule is CN=C(NCCCNC(=O)C1CCC1)NCC1(c2cccs2)CCCCC1.I. The number of halogens is 1. The monoisotopic (exact) mass is 518 g/mol. The smallest absolute Gasteiger partial charge is 0.223 e. The Kier molecular flexibility index (Phi) is 10.0. The first-order chi connectivity index (χ1) is 13.2. The summed E-state index contributed by atoms with van der Waals surface area (Å²) in [6, 6.07) is 4.46. The van der Waals surface area contributed by atoms with E-state index in [0.717, 1.165) is 44.9 Å². The number of rotatable bonds is 8. The van der Waals surface area contributed by atoms with E-state index in [2.05, 4.69) is 38.5 Å². The van der Waals surface area contributed by atoms with E-state index < -0.39 is 0 Å². The molecule has 0 saturated heterocycles. The molecule has 0 radical (unpaired) electrons. The number of aliphatic imine (C=N–C) groups is 1. The lowest BCUT2D eigenvalue weighted by molar-refractivity contribution is -0.127. The van der Waals surface area contributed by atoms with E-state index in [0.29, 0.717) is 0 Å². The highest BCUT2D eigenvalue weighted by molar-refractivity contribution is 14.0. The minimum absolute atomic E-state index is 0. The first-order valence-electron chi connectivity index (χ1n) is 10.5. The maximum absolute atomic E-state index is 11.8. The quantitative estimate of drug-likeness (QED) is 0.211. The first-order valence-corrected chi connectivity index (χ1v) is 11.4. The van der Waals surface area contributed by atoms with Gasteiger partial charge in [0, 0.05) is 42.9 Å². The Morgan fingerprint density at radius 3 is 2.50 bits per heavy atom. The van der Waals surface area contributed by atoms with Gasteiger partial charge >= 0.3 is 0 Å². The van der Waals surface area contributed by atoms with Crippen LogP contribution in [0.1, 0.15) is 62.7 Å². The molecule has 0 aliphatic heterocycles. The van der Waals surface area contributed by atoms with Gasteiger partial charge in [-0.2, -0.15) is 0 Å². The summed E-state index contributed by atoms with van der Waals surface area (Å²) in [7, 11) is 1.83. The first kappa shape index (κ1) is 23.4. The van der Waals surface area contributed by atoms with Crippen LogP contribution in [0.2, 0.25) is 0 Å². The van der Waals surface area contributed by atoms with Gasteiger partial charge in [0.1, 0.15) is 0 Å². The molecule has 2 aliphatic carbocycles. The summed E-state index contributed by atoms with van der Waals surface area (Å²) < 4.78 is 0. The van der Waals surface area contributed by atoms with Crippen LogP contribution >= 0.6 is 35.3 Å². The molecule has 0 bridgehead atoms. The van der Waals surface area contributed by atoms with Gasteiger partial charge < -0.3 is 16.0 Å². The average Bonchev–Trinajstić information content (AvgIpc) is 3.19. The normalized spacial score (nSPS) is 19.2. The number of nitrogens with zero attached hydrogens (tertiary/aromatic N) is 1. The Balaban J connectivity index is 0.00000280. The number of carbonyl (C=O) groups is 1. The molecule has 1 amide bonds. The number of guanidine groups is 1. The maximum Gasteiger partial charge on any atom is 0.223 e. The van der Waals surface area contributed by atoms with E-state index in [4.69, 9.17) is 0 Å². The number of carbonyl (C=O) groups excluding carboxylic acids is 1. The molecule has 0 unspecified atom stereocenters. The number of nitrogens with one attached hydrogen (secondary N) is 3. The molecule has 1 aromatic rings. The predicted octanol–water partition coefficient (Wildman–Crippen LogP) is 4.04. The van der Waals surface area contributed by atoms with Crippen LogP contribution in [0.25, 0.3) is 0 Å². The zero-order valence-corrected chi connectivity index (χ0v) is 20.1. The minimum atomic E-state index is 0. The fourth-order valence-electron chi connectivity index (χ4n) is 4.11. The van der Waals surface area contributed by atoms with Gasteiger partial charge in [0.2, 0.25) is 5.91 Å². The summed E-state index contributed by atoms with van der Waals surface area (Å²) in [5, 5.41) is 12.2. The van der Waals surface area contributed by atoms with Crippen molar-refractivity contribution in [1.29, 1.82) is 0 Å². The molecular weight excluding hydrogens is 483 g/mol. The number of hydrogen-bond acceptors (Lipinski definition) is 3. The van der Waals surface area contributed by atoms with E-state index in [1.165, 1.54) is 43.4 Å². The lowest BCUT2D eigenvalue weighted by Crippen LogP contribution is -2.46. The third kappa shape index (κ3) is 6.34. The molecule has 7 heteroatoms. The molecule has 3 N–H and O–H groups in total. The maximum atomic E-state index is 11.8. The minimum Gasteiger partial charge on any atom is -0.356 e. The molecule has 1 aromatic heterocycles. The zero-order valence-electron chi connectivity index (χ0n) is 17.0. The predicted molar refractivity (Wildman–Crippen MR) is 129 cm³/mol. The number of amides is 1. The Labute approximate surface area is 190 Å². The lowest BCUT2D eigenvalue weighted by atomic mass is 9.73. The molecule has 5 nitrogen and oxygen atoms in total. The summed E-state index contributed by atoms with van der Waals surface area (Å²) >= 11 is 1.88. The van der Waals surface area contributed by atoms with Crippen molar-refractivity contribution in [3.63, 3.8) is 0 Å². The van der Waals surface area contributed by atoms with E-state index in [1.54, 1.807) is 0 Å². The van der Waals surface area contributed by atoms with Gasteiger partial charge in [-0.05, 0) is 43.6 Å². The Morgan fingerprint density at radius 1 is 1.14 bits per heavy atom. The molecule has 0 atom stereocenters.